The molecule has 3 unspecified atom stereocenters. The Hall–Kier alpha value is -1.61. The molecule has 5 nitrogen and oxygen atoms in total. The molecule has 0 bridgehead atoms. The van der Waals surface area contributed by atoms with Gasteiger partial charge in [0.15, 0.2) is 0 Å². The van der Waals surface area contributed by atoms with Crippen LogP contribution < -0.4 is 4.74 Å². The maximum Gasteiger partial charge on any atom is 0.136 e. The van der Waals surface area contributed by atoms with E-state index in [0.29, 0.717) is 30.6 Å². The lowest BCUT2D eigenvalue weighted by Crippen LogP contribution is -2.45. The van der Waals surface area contributed by atoms with Crippen molar-refractivity contribution in [2.45, 2.75) is 38.0 Å². The van der Waals surface area contributed by atoms with Gasteiger partial charge < -0.3 is 14.6 Å². The zero-order valence-corrected chi connectivity index (χ0v) is 13.6. The number of ether oxygens (including phenoxy) is 2. The van der Waals surface area contributed by atoms with Crippen molar-refractivity contribution in [3.63, 3.8) is 0 Å². The lowest BCUT2D eigenvalue weighted by atomic mass is 9.89. The molecule has 0 spiro atoms. The predicted octanol–water partition coefficient (Wildman–Crippen LogP) is 1.93. The van der Waals surface area contributed by atoms with E-state index in [1.807, 2.05) is 18.2 Å². The van der Waals surface area contributed by atoms with Crippen molar-refractivity contribution < 1.29 is 14.6 Å². The summed E-state index contributed by atoms with van der Waals surface area (Å²) >= 11 is 0. The van der Waals surface area contributed by atoms with Gasteiger partial charge in [-0.15, -0.1) is 0 Å². The molecule has 2 fully saturated rings. The van der Waals surface area contributed by atoms with E-state index in [1.54, 1.807) is 7.11 Å². The van der Waals surface area contributed by atoms with Crippen molar-refractivity contribution in [3.05, 3.63) is 29.3 Å². The summed E-state index contributed by atoms with van der Waals surface area (Å²) in [6.07, 6.45) is 2.72. The minimum absolute atomic E-state index is 0.194. The summed E-state index contributed by atoms with van der Waals surface area (Å²) in [5.74, 6) is 0.810. The minimum atomic E-state index is -0.264. The monoisotopic (exact) mass is 316 g/mol. The molecule has 3 rings (SSSR count). The molecule has 0 amide bonds. The van der Waals surface area contributed by atoms with Crippen LogP contribution >= 0.6 is 0 Å². The van der Waals surface area contributed by atoms with E-state index >= 15 is 0 Å². The maximum atomic E-state index is 10.3. The zero-order valence-electron chi connectivity index (χ0n) is 13.6. The van der Waals surface area contributed by atoms with Crippen LogP contribution in [-0.4, -0.2) is 49.0 Å². The Morgan fingerprint density at radius 2 is 2.30 bits per heavy atom. The molecular weight excluding hydrogens is 292 g/mol. The van der Waals surface area contributed by atoms with Crippen molar-refractivity contribution in [1.82, 2.24) is 4.90 Å². The second-order valence-corrected chi connectivity index (χ2v) is 6.42. The molecule has 2 heterocycles. The summed E-state index contributed by atoms with van der Waals surface area (Å²) in [6.45, 7) is 3.14. The summed E-state index contributed by atoms with van der Waals surface area (Å²) in [5.41, 5.74) is 1.68. The average Bonchev–Trinajstić information content (AvgIpc) is 3.03. The molecule has 1 aromatic rings. The highest BCUT2D eigenvalue weighted by molar-refractivity contribution is 5.45. The van der Waals surface area contributed by atoms with E-state index in [1.165, 1.54) is 0 Å². The fourth-order valence-corrected chi connectivity index (χ4v) is 3.82. The summed E-state index contributed by atoms with van der Waals surface area (Å²) in [6, 6.07) is 8.33. The van der Waals surface area contributed by atoms with Crippen LogP contribution in [0, 0.1) is 17.2 Å². The highest BCUT2D eigenvalue weighted by Gasteiger charge is 2.37. The summed E-state index contributed by atoms with van der Waals surface area (Å²) in [5, 5.41) is 19.5. The van der Waals surface area contributed by atoms with Crippen LogP contribution in [0.4, 0.5) is 0 Å². The molecule has 0 aromatic heterocycles. The van der Waals surface area contributed by atoms with E-state index < -0.39 is 0 Å². The molecule has 23 heavy (non-hydrogen) atoms. The van der Waals surface area contributed by atoms with Gasteiger partial charge in [-0.3, -0.25) is 4.90 Å². The van der Waals surface area contributed by atoms with Crippen molar-refractivity contribution in [3.8, 4) is 11.8 Å². The number of hydrogen-bond donors (Lipinski definition) is 1. The van der Waals surface area contributed by atoms with Gasteiger partial charge in [-0.05, 0) is 43.5 Å². The number of benzene rings is 1. The lowest BCUT2D eigenvalue weighted by Gasteiger charge is -2.37. The number of likely N-dealkylation sites (tertiary alicyclic amines) is 1. The first kappa shape index (κ1) is 16.3. The Bertz CT molecular complexity index is 584. The van der Waals surface area contributed by atoms with Crippen molar-refractivity contribution in [2.24, 2.45) is 5.92 Å². The largest absolute Gasteiger partial charge is 0.495 e. The number of methoxy groups -OCH3 is 1. The molecule has 0 aliphatic carbocycles. The average molecular weight is 316 g/mol. The molecule has 1 aromatic carbocycles. The van der Waals surface area contributed by atoms with Gasteiger partial charge in [0, 0.05) is 25.1 Å². The number of aliphatic hydroxyl groups is 1. The Balaban J connectivity index is 1.72. The molecule has 0 radical (unpaired) electrons. The Labute approximate surface area is 137 Å². The minimum Gasteiger partial charge on any atom is -0.495 e. The quantitative estimate of drug-likeness (QED) is 0.919. The first-order valence-corrected chi connectivity index (χ1v) is 8.30. The Kier molecular flexibility index (Phi) is 5.16. The first-order chi connectivity index (χ1) is 11.2. The third-order valence-electron chi connectivity index (χ3n) is 5.04. The Morgan fingerprint density at radius 1 is 1.43 bits per heavy atom. The molecule has 0 saturated carbocycles. The highest BCUT2D eigenvalue weighted by Crippen LogP contribution is 2.31. The third kappa shape index (κ3) is 3.50. The van der Waals surface area contributed by atoms with Gasteiger partial charge in [0.1, 0.15) is 11.8 Å². The molecule has 3 atom stereocenters. The molecule has 124 valence electrons. The van der Waals surface area contributed by atoms with Gasteiger partial charge in [0.05, 0.1) is 25.4 Å². The SMILES string of the molecule is COc1ccc(CN2CCCC2C2COCCC2O)cc1C#N. The third-order valence-corrected chi connectivity index (χ3v) is 5.04. The van der Waals surface area contributed by atoms with E-state index in [4.69, 9.17) is 9.47 Å². The molecule has 2 saturated heterocycles. The summed E-state index contributed by atoms with van der Waals surface area (Å²) in [4.78, 5) is 2.42. The maximum absolute atomic E-state index is 10.3. The van der Waals surface area contributed by atoms with Crippen LogP contribution in [0.1, 0.15) is 30.4 Å². The van der Waals surface area contributed by atoms with Gasteiger partial charge in [-0.2, -0.15) is 5.26 Å². The fourth-order valence-electron chi connectivity index (χ4n) is 3.82. The zero-order chi connectivity index (χ0) is 16.2. The summed E-state index contributed by atoms with van der Waals surface area (Å²) in [7, 11) is 1.58. The number of rotatable bonds is 4. The van der Waals surface area contributed by atoms with Crippen LogP contribution in [0.25, 0.3) is 0 Å². The smallest absolute Gasteiger partial charge is 0.136 e. The number of hydrogen-bond acceptors (Lipinski definition) is 5. The molecule has 1 N–H and O–H groups in total. The second kappa shape index (κ2) is 7.31. The van der Waals surface area contributed by atoms with E-state index in [0.717, 1.165) is 37.9 Å². The normalized spacial score (nSPS) is 28.5. The van der Waals surface area contributed by atoms with Gasteiger partial charge in [0.25, 0.3) is 0 Å². The van der Waals surface area contributed by atoms with Crippen LogP contribution in [0.5, 0.6) is 5.75 Å². The van der Waals surface area contributed by atoms with Crippen molar-refractivity contribution in [2.75, 3.05) is 26.9 Å². The van der Waals surface area contributed by atoms with Crippen molar-refractivity contribution in [1.29, 1.82) is 5.26 Å². The van der Waals surface area contributed by atoms with Crippen LogP contribution in [0.3, 0.4) is 0 Å². The van der Waals surface area contributed by atoms with Crippen molar-refractivity contribution >= 4 is 0 Å². The lowest BCUT2D eigenvalue weighted by molar-refractivity contribution is -0.0636. The topological polar surface area (TPSA) is 65.7 Å². The fraction of sp³-hybridized carbons (Fsp3) is 0.611. The highest BCUT2D eigenvalue weighted by atomic mass is 16.5. The molecule has 2 aliphatic rings. The summed E-state index contributed by atoms with van der Waals surface area (Å²) < 4.78 is 10.8. The molecule has 5 heteroatoms. The first-order valence-electron chi connectivity index (χ1n) is 8.30. The van der Waals surface area contributed by atoms with Crippen LogP contribution in [0.15, 0.2) is 18.2 Å². The van der Waals surface area contributed by atoms with Crippen LogP contribution in [0.2, 0.25) is 0 Å². The van der Waals surface area contributed by atoms with Crippen LogP contribution in [-0.2, 0) is 11.3 Å². The predicted molar refractivity (Wildman–Crippen MR) is 86.1 cm³/mol. The van der Waals surface area contributed by atoms with Gasteiger partial charge >= 0.3 is 0 Å². The number of nitrogens with zero attached hydrogens (tertiary/aromatic N) is 2. The standard InChI is InChI=1S/C18H24N2O3/c1-22-18-5-4-13(9-14(18)10-19)11-20-7-2-3-16(20)15-12-23-8-6-17(15)21/h4-5,9,15-17,21H,2-3,6-8,11-12H2,1H3. The van der Waals surface area contributed by atoms with Gasteiger partial charge in [-0.1, -0.05) is 6.07 Å². The van der Waals surface area contributed by atoms with Gasteiger partial charge in [0.2, 0.25) is 0 Å². The van der Waals surface area contributed by atoms with Gasteiger partial charge in [-0.25, -0.2) is 0 Å². The molecule has 2 aliphatic heterocycles. The number of nitriles is 1. The second-order valence-electron chi connectivity index (χ2n) is 6.42. The van der Waals surface area contributed by atoms with E-state index in [9.17, 15) is 10.4 Å². The molecular formula is C18H24N2O3. The number of aliphatic hydroxyl groups excluding tert-OH is 1. The van der Waals surface area contributed by atoms with E-state index in [2.05, 4.69) is 11.0 Å². The Morgan fingerprint density at radius 3 is 3.04 bits per heavy atom. The van der Waals surface area contributed by atoms with E-state index in [-0.39, 0.29) is 12.0 Å².